The number of hydrogen-bond donors (Lipinski definition) is 2. The summed E-state index contributed by atoms with van der Waals surface area (Å²) in [6, 6.07) is 0. The smallest absolute Gasteiger partial charge is 0.323 e. The second kappa shape index (κ2) is 8.92. The van der Waals surface area contributed by atoms with Gasteiger partial charge in [-0.15, -0.1) is 0 Å². The molecule has 0 saturated heterocycles. The SMILES string of the molecule is CCCCOS(=O)(=O)O.CNC. The van der Waals surface area contributed by atoms with E-state index in [1.54, 1.807) is 0 Å². The number of hydrogen-bond acceptors (Lipinski definition) is 4. The maximum atomic E-state index is 9.84. The van der Waals surface area contributed by atoms with Crippen molar-refractivity contribution in [1.29, 1.82) is 0 Å². The van der Waals surface area contributed by atoms with Crippen molar-refractivity contribution in [1.82, 2.24) is 5.32 Å². The van der Waals surface area contributed by atoms with Crippen LogP contribution in [-0.4, -0.2) is 33.7 Å². The first kappa shape index (κ1) is 14.4. The zero-order valence-electron chi connectivity index (χ0n) is 7.70. The predicted molar refractivity (Wildman–Crippen MR) is 47.4 cm³/mol. The summed E-state index contributed by atoms with van der Waals surface area (Å²) in [5, 5.41) is 2.75. The van der Waals surface area contributed by atoms with Crippen molar-refractivity contribution >= 4 is 10.4 Å². The molecule has 0 spiro atoms. The van der Waals surface area contributed by atoms with Crippen molar-refractivity contribution in [3.8, 4) is 0 Å². The van der Waals surface area contributed by atoms with Crippen LogP contribution >= 0.6 is 0 Å². The third-order valence-electron chi connectivity index (χ3n) is 0.730. The summed E-state index contributed by atoms with van der Waals surface area (Å²) in [7, 11) is -0.446. The monoisotopic (exact) mass is 199 g/mol. The second-order valence-corrected chi connectivity index (χ2v) is 3.19. The molecule has 0 fully saturated rings. The lowest BCUT2D eigenvalue weighted by molar-refractivity contribution is 0.264. The molecule has 0 aromatic rings. The number of rotatable bonds is 4. The molecule has 0 atom stereocenters. The van der Waals surface area contributed by atoms with Crippen LogP contribution in [0.5, 0.6) is 0 Å². The summed E-state index contributed by atoms with van der Waals surface area (Å²) in [5.41, 5.74) is 0. The Morgan fingerprint density at radius 3 is 2.08 bits per heavy atom. The molecule has 2 N–H and O–H groups in total. The van der Waals surface area contributed by atoms with Gasteiger partial charge in [0.15, 0.2) is 0 Å². The Labute approximate surface area is 74.1 Å². The summed E-state index contributed by atoms with van der Waals surface area (Å²) in [6.07, 6.45) is 1.48. The minimum atomic E-state index is -4.20. The summed E-state index contributed by atoms with van der Waals surface area (Å²) in [6.45, 7) is 1.96. The minimum Gasteiger partial charge on any atom is -0.323 e. The van der Waals surface area contributed by atoms with Gasteiger partial charge in [0, 0.05) is 0 Å². The van der Waals surface area contributed by atoms with Crippen LogP contribution in [0.3, 0.4) is 0 Å². The van der Waals surface area contributed by atoms with Crippen molar-refractivity contribution in [3.63, 3.8) is 0 Å². The molecule has 0 aromatic carbocycles. The van der Waals surface area contributed by atoms with Gasteiger partial charge in [-0.05, 0) is 20.5 Å². The Morgan fingerprint density at radius 2 is 1.83 bits per heavy atom. The molecule has 0 aliphatic carbocycles. The standard InChI is InChI=1S/C4H10O4S.C2H7N/c1-2-3-4-8-9(5,6)7;1-3-2/h2-4H2,1H3,(H,5,6,7);3H,1-2H3. The van der Waals surface area contributed by atoms with Crippen molar-refractivity contribution in [3.05, 3.63) is 0 Å². The van der Waals surface area contributed by atoms with Gasteiger partial charge in [0.2, 0.25) is 0 Å². The van der Waals surface area contributed by atoms with Gasteiger partial charge in [0.1, 0.15) is 0 Å². The summed E-state index contributed by atoms with van der Waals surface area (Å²) >= 11 is 0. The lowest BCUT2D eigenvalue weighted by Crippen LogP contribution is -2.04. The largest absolute Gasteiger partial charge is 0.397 e. The highest BCUT2D eigenvalue weighted by molar-refractivity contribution is 7.80. The van der Waals surface area contributed by atoms with Crippen LogP contribution in [-0.2, 0) is 14.6 Å². The first-order valence-corrected chi connectivity index (χ1v) is 5.04. The highest BCUT2D eigenvalue weighted by atomic mass is 32.3. The Hall–Kier alpha value is -0.170. The Morgan fingerprint density at radius 1 is 1.42 bits per heavy atom. The van der Waals surface area contributed by atoms with E-state index in [0.29, 0.717) is 6.42 Å². The fraction of sp³-hybridized carbons (Fsp3) is 1.00. The summed E-state index contributed by atoms with van der Waals surface area (Å²) in [4.78, 5) is 0. The molecule has 6 heteroatoms. The topological polar surface area (TPSA) is 75.6 Å². The van der Waals surface area contributed by atoms with Gasteiger partial charge in [0.05, 0.1) is 6.61 Å². The first-order chi connectivity index (χ1) is 5.47. The van der Waals surface area contributed by atoms with E-state index in [0.717, 1.165) is 6.42 Å². The zero-order chi connectivity index (χ0) is 10.0. The Balaban J connectivity index is 0. The highest BCUT2D eigenvalue weighted by Crippen LogP contribution is 1.91. The number of unbranched alkanes of at least 4 members (excludes halogenated alkanes) is 1. The average Bonchev–Trinajstić information content (AvgIpc) is 1.87. The minimum absolute atomic E-state index is 0.0648. The molecular formula is C6H17NO4S. The lowest BCUT2D eigenvalue weighted by atomic mass is 10.4. The molecule has 0 rings (SSSR count). The van der Waals surface area contributed by atoms with E-state index < -0.39 is 10.4 Å². The third kappa shape index (κ3) is 22.5. The molecule has 0 saturated carbocycles. The normalized spacial score (nSPS) is 10.3. The Bertz CT molecular complexity index is 166. The molecule has 0 aliphatic rings. The molecule has 12 heavy (non-hydrogen) atoms. The Kier molecular flexibility index (Phi) is 10.7. The molecule has 0 aromatic heterocycles. The fourth-order valence-corrected chi connectivity index (χ4v) is 0.637. The predicted octanol–water partition coefficient (Wildman–Crippen LogP) is 0.442. The van der Waals surface area contributed by atoms with Crippen molar-refractivity contribution in [2.24, 2.45) is 0 Å². The average molecular weight is 199 g/mol. The molecule has 0 radical (unpaired) electrons. The molecule has 0 heterocycles. The summed E-state index contributed by atoms with van der Waals surface area (Å²) < 4.78 is 31.7. The van der Waals surface area contributed by atoms with E-state index in [2.05, 4.69) is 9.50 Å². The maximum Gasteiger partial charge on any atom is 0.397 e. The summed E-state index contributed by atoms with van der Waals surface area (Å²) in [5.74, 6) is 0. The van der Waals surface area contributed by atoms with Gasteiger partial charge < -0.3 is 5.32 Å². The van der Waals surface area contributed by atoms with Gasteiger partial charge >= 0.3 is 10.4 Å². The highest BCUT2D eigenvalue weighted by Gasteiger charge is 2.00. The molecule has 0 unspecified atom stereocenters. The van der Waals surface area contributed by atoms with E-state index in [1.165, 1.54) is 0 Å². The van der Waals surface area contributed by atoms with E-state index >= 15 is 0 Å². The van der Waals surface area contributed by atoms with E-state index in [1.807, 2.05) is 21.0 Å². The maximum absolute atomic E-state index is 9.84. The molecule has 76 valence electrons. The van der Waals surface area contributed by atoms with Crippen LogP contribution in [0, 0.1) is 0 Å². The quantitative estimate of drug-likeness (QED) is 0.507. The van der Waals surface area contributed by atoms with Gasteiger partial charge in [0.25, 0.3) is 0 Å². The van der Waals surface area contributed by atoms with Crippen molar-refractivity contribution in [2.45, 2.75) is 19.8 Å². The van der Waals surface area contributed by atoms with Gasteiger partial charge in [-0.3, -0.25) is 4.55 Å². The van der Waals surface area contributed by atoms with Gasteiger partial charge in [-0.1, -0.05) is 13.3 Å². The lowest BCUT2D eigenvalue weighted by Gasteiger charge is -1.95. The third-order valence-corrected chi connectivity index (χ3v) is 1.19. The van der Waals surface area contributed by atoms with E-state index in [9.17, 15) is 8.42 Å². The molecule has 0 amide bonds. The van der Waals surface area contributed by atoms with Crippen LogP contribution in [0.25, 0.3) is 0 Å². The van der Waals surface area contributed by atoms with E-state index in [4.69, 9.17) is 4.55 Å². The molecule has 0 aliphatic heterocycles. The van der Waals surface area contributed by atoms with Gasteiger partial charge in [-0.25, -0.2) is 4.18 Å². The number of nitrogens with one attached hydrogen (secondary N) is 1. The first-order valence-electron chi connectivity index (χ1n) is 3.68. The van der Waals surface area contributed by atoms with Crippen LogP contribution in [0.1, 0.15) is 19.8 Å². The molecule has 0 bridgehead atoms. The van der Waals surface area contributed by atoms with E-state index in [-0.39, 0.29) is 6.61 Å². The molecule has 5 nitrogen and oxygen atoms in total. The van der Waals surface area contributed by atoms with Crippen molar-refractivity contribution < 1.29 is 17.2 Å². The fourth-order valence-electron chi connectivity index (χ4n) is 0.309. The molecular weight excluding hydrogens is 182 g/mol. The van der Waals surface area contributed by atoms with Crippen molar-refractivity contribution in [2.75, 3.05) is 20.7 Å². The van der Waals surface area contributed by atoms with Crippen LogP contribution in [0.4, 0.5) is 0 Å². The van der Waals surface area contributed by atoms with Crippen LogP contribution < -0.4 is 5.32 Å². The van der Waals surface area contributed by atoms with Gasteiger partial charge in [-0.2, -0.15) is 8.42 Å². The van der Waals surface area contributed by atoms with Crippen LogP contribution in [0.15, 0.2) is 0 Å². The second-order valence-electron chi connectivity index (χ2n) is 2.10. The zero-order valence-corrected chi connectivity index (χ0v) is 8.52. The van der Waals surface area contributed by atoms with Crippen LogP contribution in [0.2, 0.25) is 0 Å².